The van der Waals surface area contributed by atoms with Crippen molar-refractivity contribution in [3.63, 3.8) is 0 Å². The number of ether oxygens (including phenoxy) is 1. The second-order valence-electron chi connectivity index (χ2n) is 4.88. The number of hydrogen-bond donors (Lipinski definition) is 1. The van der Waals surface area contributed by atoms with Gasteiger partial charge in [0.2, 0.25) is 5.91 Å². The Balaban J connectivity index is 0.00000441. The van der Waals surface area contributed by atoms with Crippen molar-refractivity contribution in [3.8, 4) is 0 Å². The van der Waals surface area contributed by atoms with Crippen molar-refractivity contribution >= 4 is 39.9 Å². The fourth-order valence-electron chi connectivity index (χ4n) is 1.91. The van der Waals surface area contributed by atoms with E-state index in [0.29, 0.717) is 32.5 Å². The molecule has 6 heteroatoms. The van der Waals surface area contributed by atoms with Crippen LogP contribution in [0.1, 0.15) is 32.6 Å². The number of carbonyl (C=O) groups is 1. The molecule has 0 aliphatic rings. The quantitative estimate of drug-likeness (QED) is 0.616. The number of unbranched alkanes of at least 4 members (excludes halogenated alkanes) is 1. The fraction of sp³-hybridized carbons (Fsp3) is 0.562. The van der Waals surface area contributed by atoms with E-state index in [0.717, 1.165) is 29.6 Å². The number of amides is 1. The monoisotopic (exact) mass is 392 g/mol. The first-order valence-corrected chi connectivity index (χ1v) is 8.32. The van der Waals surface area contributed by atoms with Gasteiger partial charge in [0.1, 0.15) is 0 Å². The zero-order chi connectivity index (χ0) is 15.5. The van der Waals surface area contributed by atoms with Gasteiger partial charge in [-0.15, -0.1) is 12.4 Å². The van der Waals surface area contributed by atoms with Gasteiger partial charge >= 0.3 is 0 Å². The van der Waals surface area contributed by atoms with E-state index in [1.165, 1.54) is 0 Å². The van der Waals surface area contributed by atoms with Gasteiger partial charge in [-0.05, 0) is 43.7 Å². The molecule has 126 valence electrons. The van der Waals surface area contributed by atoms with E-state index in [-0.39, 0.29) is 18.3 Å². The van der Waals surface area contributed by atoms with Gasteiger partial charge < -0.3 is 15.4 Å². The SMILES string of the molecule is CCCCOCCN(C(=O)CCCN)c1ccc(Br)cc1.Cl. The molecule has 22 heavy (non-hydrogen) atoms. The van der Waals surface area contributed by atoms with E-state index in [9.17, 15) is 4.79 Å². The van der Waals surface area contributed by atoms with Crippen LogP contribution in [-0.4, -0.2) is 32.2 Å². The Kier molecular flexibility index (Phi) is 12.5. The smallest absolute Gasteiger partial charge is 0.227 e. The van der Waals surface area contributed by atoms with Crippen molar-refractivity contribution in [2.45, 2.75) is 32.6 Å². The molecule has 0 saturated heterocycles. The summed E-state index contributed by atoms with van der Waals surface area (Å²) in [5.74, 6) is 0.0989. The lowest BCUT2D eigenvalue weighted by Crippen LogP contribution is -2.34. The zero-order valence-electron chi connectivity index (χ0n) is 13.1. The van der Waals surface area contributed by atoms with Crippen LogP contribution < -0.4 is 10.6 Å². The van der Waals surface area contributed by atoms with Gasteiger partial charge in [-0.25, -0.2) is 0 Å². The molecule has 0 bridgehead atoms. The summed E-state index contributed by atoms with van der Waals surface area (Å²) in [5, 5.41) is 0. The molecule has 0 spiro atoms. The highest BCUT2D eigenvalue weighted by molar-refractivity contribution is 9.10. The highest BCUT2D eigenvalue weighted by Crippen LogP contribution is 2.19. The number of rotatable bonds is 10. The van der Waals surface area contributed by atoms with Crippen LogP contribution in [0.25, 0.3) is 0 Å². The average Bonchev–Trinajstić information content (AvgIpc) is 2.50. The highest BCUT2D eigenvalue weighted by Gasteiger charge is 2.14. The van der Waals surface area contributed by atoms with Crippen LogP contribution in [0.5, 0.6) is 0 Å². The van der Waals surface area contributed by atoms with Crippen LogP contribution in [0.15, 0.2) is 28.7 Å². The van der Waals surface area contributed by atoms with E-state index in [4.69, 9.17) is 10.5 Å². The van der Waals surface area contributed by atoms with Crippen LogP contribution in [0.4, 0.5) is 5.69 Å². The molecule has 0 unspecified atom stereocenters. The van der Waals surface area contributed by atoms with E-state index in [1.807, 2.05) is 24.3 Å². The molecule has 1 aromatic carbocycles. The van der Waals surface area contributed by atoms with Crippen molar-refractivity contribution in [2.75, 3.05) is 31.2 Å². The minimum Gasteiger partial charge on any atom is -0.380 e. The molecule has 0 radical (unpaired) electrons. The molecule has 0 fully saturated rings. The normalized spacial score (nSPS) is 10.1. The van der Waals surface area contributed by atoms with Crippen molar-refractivity contribution in [1.82, 2.24) is 0 Å². The molecule has 0 heterocycles. The van der Waals surface area contributed by atoms with Gasteiger partial charge in [-0.3, -0.25) is 4.79 Å². The van der Waals surface area contributed by atoms with Crippen LogP contribution in [0.3, 0.4) is 0 Å². The predicted molar refractivity (Wildman–Crippen MR) is 97.8 cm³/mol. The largest absolute Gasteiger partial charge is 0.380 e. The van der Waals surface area contributed by atoms with Crippen molar-refractivity contribution in [1.29, 1.82) is 0 Å². The third-order valence-electron chi connectivity index (χ3n) is 3.14. The van der Waals surface area contributed by atoms with Crippen molar-refractivity contribution in [3.05, 3.63) is 28.7 Å². The van der Waals surface area contributed by atoms with E-state index in [2.05, 4.69) is 22.9 Å². The molecule has 0 aliphatic carbocycles. The Hall–Kier alpha value is -0.620. The number of anilines is 1. The van der Waals surface area contributed by atoms with Crippen molar-refractivity contribution < 1.29 is 9.53 Å². The molecule has 0 aromatic heterocycles. The molecule has 2 N–H and O–H groups in total. The first-order chi connectivity index (χ1) is 10.2. The molecular weight excluding hydrogens is 368 g/mol. The lowest BCUT2D eigenvalue weighted by atomic mass is 10.2. The van der Waals surface area contributed by atoms with Gasteiger partial charge in [0.05, 0.1) is 6.61 Å². The van der Waals surface area contributed by atoms with Crippen LogP contribution >= 0.6 is 28.3 Å². The zero-order valence-corrected chi connectivity index (χ0v) is 15.5. The Labute approximate surface area is 147 Å². The summed E-state index contributed by atoms with van der Waals surface area (Å²) in [5.41, 5.74) is 6.39. The summed E-state index contributed by atoms with van der Waals surface area (Å²) >= 11 is 3.41. The average molecular weight is 394 g/mol. The maximum atomic E-state index is 12.3. The van der Waals surface area contributed by atoms with Gasteiger partial charge in [-0.2, -0.15) is 0 Å². The van der Waals surface area contributed by atoms with E-state index < -0.39 is 0 Å². The maximum Gasteiger partial charge on any atom is 0.227 e. The third-order valence-corrected chi connectivity index (χ3v) is 3.66. The molecule has 1 amide bonds. The topological polar surface area (TPSA) is 55.6 Å². The number of halogens is 2. The maximum absolute atomic E-state index is 12.3. The van der Waals surface area contributed by atoms with Gasteiger partial charge in [0.25, 0.3) is 0 Å². The minimum absolute atomic E-state index is 0. The van der Waals surface area contributed by atoms with E-state index >= 15 is 0 Å². The summed E-state index contributed by atoms with van der Waals surface area (Å²) in [4.78, 5) is 14.1. The molecule has 0 aliphatic heterocycles. The van der Waals surface area contributed by atoms with Crippen LogP contribution in [0, 0.1) is 0 Å². The number of carbonyl (C=O) groups excluding carboxylic acids is 1. The first-order valence-electron chi connectivity index (χ1n) is 7.52. The van der Waals surface area contributed by atoms with Gasteiger partial charge in [0.15, 0.2) is 0 Å². The third kappa shape index (κ3) is 8.13. The van der Waals surface area contributed by atoms with Gasteiger partial charge in [-0.1, -0.05) is 29.3 Å². The first kappa shape index (κ1) is 21.4. The molecule has 0 saturated carbocycles. The minimum atomic E-state index is 0. The molecule has 0 atom stereocenters. The second kappa shape index (κ2) is 12.9. The molecule has 4 nitrogen and oxygen atoms in total. The summed E-state index contributed by atoms with van der Waals surface area (Å²) < 4.78 is 6.58. The summed E-state index contributed by atoms with van der Waals surface area (Å²) in [6.07, 6.45) is 3.36. The molecular formula is C16H26BrClN2O2. The lowest BCUT2D eigenvalue weighted by molar-refractivity contribution is -0.118. The molecule has 1 rings (SSSR count). The van der Waals surface area contributed by atoms with Crippen LogP contribution in [0.2, 0.25) is 0 Å². The van der Waals surface area contributed by atoms with E-state index in [1.54, 1.807) is 4.90 Å². The Morgan fingerprint density at radius 1 is 1.23 bits per heavy atom. The summed E-state index contributed by atoms with van der Waals surface area (Å²) in [6.45, 7) is 4.56. The standard InChI is InChI=1S/C16H25BrN2O2.ClH/c1-2-3-12-21-13-11-19(16(20)5-4-10-18)15-8-6-14(17)7-9-15;/h6-9H,2-5,10-13,18H2,1H3;1H. The number of benzene rings is 1. The summed E-state index contributed by atoms with van der Waals surface area (Å²) in [6, 6.07) is 7.76. The Morgan fingerprint density at radius 2 is 1.91 bits per heavy atom. The van der Waals surface area contributed by atoms with Crippen molar-refractivity contribution in [2.24, 2.45) is 5.73 Å². The lowest BCUT2D eigenvalue weighted by Gasteiger charge is -2.23. The molecule has 1 aromatic rings. The fourth-order valence-corrected chi connectivity index (χ4v) is 2.18. The Bertz CT molecular complexity index is 415. The van der Waals surface area contributed by atoms with Gasteiger partial charge in [0, 0.05) is 29.7 Å². The number of nitrogens with two attached hydrogens (primary N) is 1. The summed E-state index contributed by atoms with van der Waals surface area (Å²) in [7, 11) is 0. The van der Waals surface area contributed by atoms with Crippen LogP contribution in [-0.2, 0) is 9.53 Å². The number of nitrogens with zero attached hydrogens (tertiary/aromatic N) is 1. The predicted octanol–water partition coefficient (Wildman–Crippen LogP) is 3.76. The number of hydrogen-bond acceptors (Lipinski definition) is 3. The Morgan fingerprint density at radius 3 is 2.50 bits per heavy atom. The second-order valence-corrected chi connectivity index (χ2v) is 5.80. The highest BCUT2D eigenvalue weighted by atomic mass is 79.9.